The average Bonchev–Trinajstić information content (AvgIpc) is 3.67. The van der Waals surface area contributed by atoms with Gasteiger partial charge in [-0.2, -0.15) is 22.7 Å². The Morgan fingerprint density at radius 1 is 1.18 bits per heavy atom. The van der Waals surface area contributed by atoms with Gasteiger partial charge in [-0.15, -0.1) is 16.4 Å². The number of nitrogens with one attached hydrogen (secondary N) is 1. The van der Waals surface area contributed by atoms with Crippen molar-refractivity contribution < 1.29 is 32.2 Å². The lowest BCUT2D eigenvalue weighted by molar-refractivity contribution is -0.137. The highest BCUT2D eigenvalue weighted by Crippen LogP contribution is 2.35. The van der Waals surface area contributed by atoms with Gasteiger partial charge in [0.15, 0.2) is 5.82 Å². The van der Waals surface area contributed by atoms with Gasteiger partial charge in [-0.1, -0.05) is 18.5 Å². The van der Waals surface area contributed by atoms with Crippen molar-refractivity contribution in [1.82, 2.24) is 24.1 Å². The Morgan fingerprint density at radius 3 is 2.58 bits per heavy atom. The second-order valence-electron chi connectivity index (χ2n) is 13.3. The molecule has 0 spiro atoms. The molecule has 5 heterocycles. The molecule has 0 saturated carbocycles. The van der Waals surface area contributed by atoms with E-state index in [0.29, 0.717) is 43.4 Å². The number of aromatic nitrogens is 4. The molecule has 2 aliphatic rings. The second kappa shape index (κ2) is 13.5. The number of hydrogen-bond acceptors (Lipinski definition) is 9. The molecule has 17 heteroatoms. The lowest BCUT2D eigenvalue weighted by atomic mass is 10.1. The molecule has 268 valence electrons. The molecule has 1 fully saturated rings. The Bertz CT molecular complexity index is 2000. The predicted octanol–water partition coefficient (Wildman–Crippen LogP) is 6.01. The van der Waals surface area contributed by atoms with Gasteiger partial charge in [0.05, 0.1) is 40.1 Å². The van der Waals surface area contributed by atoms with Crippen LogP contribution in [0.5, 0.6) is 0 Å². The number of carbonyl (C=O) groups excluding carboxylic acids is 2. The summed E-state index contributed by atoms with van der Waals surface area (Å²) < 4.78 is 53.6. The Balaban J connectivity index is 1.40. The zero-order valence-electron chi connectivity index (χ0n) is 28.2. The number of anilines is 2. The van der Waals surface area contributed by atoms with Crippen LogP contribution in [0.15, 0.2) is 29.1 Å². The van der Waals surface area contributed by atoms with Gasteiger partial charge < -0.3 is 29.2 Å². The number of hydrogen-bond donors (Lipinski definition) is 1. The lowest BCUT2D eigenvalue weighted by Crippen LogP contribution is -2.56. The van der Waals surface area contributed by atoms with Crippen LogP contribution in [0.4, 0.5) is 29.3 Å². The van der Waals surface area contributed by atoms with E-state index in [0.717, 1.165) is 39.9 Å². The Labute approximate surface area is 294 Å². The summed E-state index contributed by atoms with van der Waals surface area (Å²) in [7, 11) is 0. The number of benzene rings is 1. The van der Waals surface area contributed by atoms with E-state index in [-0.39, 0.29) is 42.2 Å². The van der Waals surface area contributed by atoms with Crippen LogP contribution in [0.25, 0.3) is 16.5 Å². The van der Waals surface area contributed by atoms with Crippen LogP contribution in [-0.4, -0.2) is 73.9 Å². The minimum absolute atomic E-state index is 0.000400. The van der Waals surface area contributed by atoms with Gasteiger partial charge in [0.1, 0.15) is 17.8 Å². The van der Waals surface area contributed by atoms with E-state index in [1.807, 2.05) is 24.8 Å². The maximum Gasteiger partial charge on any atom is 0.416 e. The van der Waals surface area contributed by atoms with Crippen LogP contribution in [0.3, 0.4) is 0 Å². The molecular formula is C33H37ClF3N7O5S. The van der Waals surface area contributed by atoms with Crippen LogP contribution >= 0.6 is 22.9 Å². The highest BCUT2D eigenvalue weighted by molar-refractivity contribution is 7.15. The first-order valence-electron chi connectivity index (χ1n) is 16.2. The van der Waals surface area contributed by atoms with E-state index < -0.39 is 34.9 Å². The summed E-state index contributed by atoms with van der Waals surface area (Å²) in [6.07, 6.45) is -3.98. The molecule has 1 atom stereocenters. The summed E-state index contributed by atoms with van der Waals surface area (Å²) in [4.78, 5) is 50.9. The standard InChI is InChI=1S/C33H37ClF3N7O5S/c1-6-23-27(42-11-10-41(15-18(42)2)31(47)49-32(3,4)5)29(46)44-30(39-28(40-44)24-13-19-9-12-48-17-25(19)50-24)43(23)16-26(45)38-22-8-7-20(14-21(22)34)33(35,36)37/h7-8,13-14,18H,6,9-12,15-17H2,1-5H3,(H,38,45)/t18-/m1/s1. The molecule has 1 aromatic carbocycles. The molecule has 0 bridgehead atoms. The molecule has 2 amide bonds. The number of halogens is 4. The maximum absolute atomic E-state index is 14.4. The Hall–Kier alpha value is -4.15. The van der Waals surface area contributed by atoms with Crippen molar-refractivity contribution in [3.8, 4) is 10.7 Å². The van der Waals surface area contributed by atoms with Crippen LogP contribution in [0, 0.1) is 0 Å². The van der Waals surface area contributed by atoms with E-state index in [4.69, 9.17) is 26.1 Å². The fourth-order valence-corrected chi connectivity index (χ4v) is 7.48. The first-order valence-corrected chi connectivity index (χ1v) is 17.4. The molecule has 0 radical (unpaired) electrons. The molecular weight excluding hydrogens is 699 g/mol. The topological polar surface area (TPSA) is 123 Å². The summed E-state index contributed by atoms with van der Waals surface area (Å²) in [5.74, 6) is -0.167. The molecule has 6 rings (SSSR count). The van der Waals surface area contributed by atoms with E-state index >= 15 is 0 Å². The zero-order chi connectivity index (χ0) is 36.1. The highest BCUT2D eigenvalue weighted by atomic mass is 35.5. The normalized spacial score (nSPS) is 16.9. The number of ether oxygens (including phenoxy) is 2. The summed E-state index contributed by atoms with van der Waals surface area (Å²) in [5, 5.41) is 6.97. The molecule has 50 heavy (non-hydrogen) atoms. The zero-order valence-corrected chi connectivity index (χ0v) is 29.8. The van der Waals surface area contributed by atoms with Gasteiger partial charge in [-0.05, 0) is 70.4 Å². The van der Waals surface area contributed by atoms with Crippen LogP contribution < -0.4 is 15.8 Å². The van der Waals surface area contributed by atoms with Gasteiger partial charge in [0, 0.05) is 30.6 Å². The molecule has 2 aliphatic heterocycles. The monoisotopic (exact) mass is 735 g/mol. The lowest BCUT2D eigenvalue weighted by Gasteiger charge is -2.41. The van der Waals surface area contributed by atoms with Crippen LogP contribution in [0.1, 0.15) is 56.3 Å². The summed E-state index contributed by atoms with van der Waals surface area (Å²) >= 11 is 7.62. The summed E-state index contributed by atoms with van der Waals surface area (Å²) in [6.45, 7) is 10.7. The molecule has 0 unspecified atom stereocenters. The average molecular weight is 736 g/mol. The summed E-state index contributed by atoms with van der Waals surface area (Å²) in [5.41, 5.74) is -0.0978. The van der Waals surface area contributed by atoms with Gasteiger partial charge >= 0.3 is 12.3 Å². The van der Waals surface area contributed by atoms with E-state index in [2.05, 4.69) is 10.4 Å². The highest BCUT2D eigenvalue weighted by Gasteiger charge is 2.35. The first kappa shape index (κ1) is 35.7. The fourth-order valence-electron chi connectivity index (χ4n) is 6.17. The van der Waals surface area contributed by atoms with Crippen molar-refractivity contribution in [2.45, 2.75) is 78.4 Å². The van der Waals surface area contributed by atoms with Crippen LogP contribution in [0.2, 0.25) is 5.02 Å². The van der Waals surface area contributed by atoms with Crippen molar-refractivity contribution in [2.75, 3.05) is 36.5 Å². The number of piperazine rings is 1. The fraction of sp³-hybridized carbons (Fsp3) is 0.485. The van der Waals surface area contributed by atoms with E-state index in [9.17, 15) is 27.6 Å². The van der Waals surface area contributed by atoms with Crippen molar-refractivity contribution in [3.05, 3.63) is 61.3 Å². The molecule has 1 saturated heterocycles. The minimum atomic E-state index is -4.60. The SMILES string of the molecule is CCc1c(N2CCN(C(=O)OC(C)(C)C)C[C@H]2C)c(=O)n2nc(-c3cc4c(s3)COCC4)nc2n1CC(=O)Nc1ccc(C(F)(F)F)cc1Cl. The predicted molar refractivity (Wildman–Crippen MR) is 183 cm³/mol. The number of thiophene rings is 1. The quantitative estimate of drug-likeness (QED) is 0.256. The third-order valence-corrected chi connectivity index (χ3v) is 9.92. The number of nitrogens with zero attached hydrogens (tertiary/aromatic N) is 6. The number of carbonyl (C=O) groups is 2. The van der Waals surface area contributed by atoms with Crippen molar-refractivity contribution in [2.24, 2.45) is 0 Å². The van der Waals surface area contributed by atoms with Crippen molar-refractivity contribution in [1.29, 1.82) is 0 Å². The number of alkyl halides is 3. The second-order valence-corrected chi connectivity index (χ2v) is 14.8. The minimum Gasteiger partial charge on any atom is -0.444 e. The van der Waals surface area contributed by atoms with E-state index in [1.54, 1.807) is 30.2 Å². The maximum atomic E-state index is 14.4. The van der Waals surface area contributed by atoms with Gasteiger partial charge in [-0.3, -0.25) is 9.59 Å². The summed E-state index contributed by atoms with van der Waals surface area (Å²) in [6, 6.07) is 4.36. The Morgan fingerprint density at radius 2 is 1.94 bits per heavy atom. The van der Waals surface area contributed by atoms with Gasteiger partial charge in [0.2, 0.25) is 11.7 Å². The van der Waals surface area contributed by atoms with Crippen LogP contribution in [-0.2, 0) is 46.4 Å². The largest absolute Gasteiger partial charge is 0.444 e. The number of rotatable bonds is 6. The Kier molecular flexibility index (Phi) is 9.65. The van der Waals surface area contributed by atoms with E-state index in [1.165, 1.54) is 15.9 Å². The van der Waals surface area contributed by atoms with Gasteiger partial charge in [0.25, 0.3) is 5.56 Å². The first-order chi connectivity index (χ1) is 23.5. The smallest absolute Gasteiger partial charge is 0.416 e. The molecule has 3 aromatic heterocycles. The van der Waals surface area contributed by atoms with Crippen molar-refractivity contribution in [3.63, 3.8) is 0 Å². The van der Waals surface area contributed by atoms with Crippen molar-refractivity contribution >= 4 is 52.1 Å². The third-order valence-electron chi connectivity index (χ3n) is 8.47. The number of fused-ring (bicyclic) bond motifs is 2. The van der Waals surface area contributed by atoms with Gasteiger partial charge in [-0.25, -0.2) is 4.79 Å². The molecule has 0 aliphatic carbocycles. The molecule has 4 aromatic rings. The molecule has 12 nitrogen and oxygen atoms in total. The third kappa shape index (κ3) is 7.19. The molecule has 1 N–H and O–H groups in total. The number of amides is 2.